The third-order valence-corrected chi connectivity index (χ3v) is 6.21. The van der Waals surface area contributed by atoms with Gasteiger partial charge in [-0.25, -0.2) is 4.79 Å². The average molecular weight is 395 g/mol. The normalized spacial score (nSPS) is 22.5. The van der Waals surface area contributed by atoms with E-state index in [1.807, 2.05) is 48.2 Å². The van der Waals surface area contributed by atoms with Crippen LogP contribution in [0.15, 0.2) is 48.5 Å². The van der Waals surface area contributed by atoms with E-state index in [1.54, 1.807) is 7.11 Å². The van der Waals surface area contributed by atoms with Gasteiger partial charge in [0.2, 0.25) is 0 Å². The molecule has 2 heterocycles. The molecule has 2 saturated heterocycles. The molecule has 2 amide bonds. The number of hydrogen-bond acceptors (Lipinski definition) is 4. The van der Waals surface area contributed by atoms with Gasteiger partial charge in [-0.05, 0) is 61.4 Å². The second kappa shape index (κ2) is 8.84. The van der Waals surface area contributed by atoms with Crippen LogP contribution in [0.2, 0.25) is 0 Å². The van der Waals surface area contributed by atoms with Crippen molar-refractivity contribution >= 4 is 11.7 Å². The second-order valence-corrected chi connectivity index (χ2v) is 8.03. The van der Waals surface area contributed by atoms with Crippen molar-refractivity contribution in [3.63, 3.8) is 0 Å². The number of benzene rings is 2. The maximum absolute atomic E-state index is 12.6. The van der Waals surface area contributed by atoms with Gasteiger partial charge in [0.1, 0.15) is 5.75 Å². The van der Waals surface area contributed by atoms with E-state index in [4.69, 9.17) is 4.74 Å². The Balaban J connectivity index is 1.28. The Morgan fingerprint density at radius 2 is 1.90 bits per heavy atom. The summed E-state index contributed by atoms with van der Waals surface area (Å²) in [6.07, 6.45) is 3.09. The largest absolute Gasteiger partial charge is 0.497 e. The lowest BCUT2D eigenvalue weighted by atomic mass is 9.86. The number of hydrogen-bond donors (Lipinski definition) is 3. The van der Waals surface area contributed by atoms with Crippen molar-refractivity contribution in [2.45, 2.75) is 38.3 Å². The molecule has 3 N–H and O–H groups in total. The second-order valence-electron chi connectivity index (χ2n) is 8.03. The molecule has 0 radical (unpaired) electrons. The van der Waals surface area contributed by atoms with Crippen molar-refractivity contribution in [3.05, 3.63) is 59.7 Å². The summed E-state index contributed by atoms with van der Waals surface area (Å²) in [5.41, 5.74) is 10.2. The molecule has 2 unspecified atom stereocenters. The molecule has 6 nitrogen and oxygen atoms in total. The third kappa shape index (κ3) is 4.54. The minimum absolute atomic E-state index is 0.00418. The summed E-state index contributed by atoms with van der Waals surface area (Å²) in [5.74, 6) is 1.46. The summed E-state index contributed by atoms with van der Waals surface area (Å²) in [4.78, 5) is 14.6. The van der Waals surface area contributed by atoms with E-state index < -0.39 is 0 Å². The number of methoxy groups -OCH3 is 1. The molecule has 6 heteroatoms. The number of carbonyl (C=O) groups is 1. The highest BCUT2D eigenvalue weighted by Gasteiger charge is 2.34. The van der Waals surface area contributed by atoms with Gasteiger partial charge in [-0.3, -0.25) is 10.9 Å². The number of anilines is 1. The first-order valence-corrected chi connectivity index (χ1v) is 10.4. The maximum Gasteiger partial charge on any atom is 0.321 e. The van der Waals surface area contributed by atoms with Crippen molar-refractivity contribution in [2.75, 3.05) is 25.5 Å². The van der Waals surface area contributed by atoms with E-state index in [2.05, 4.69) is 28.3 Å². The third-order valence-electron chi connectivity index (χ3n) is 6.21. The van der Waals surface area contributed by atoms with Crippen molar-refractivity contribution in [2.24, 2.45) is 5.92 Å². The average Bonchev–Trinajstić information content (AvgIpc) is 3.26. The molecule has 2 aliphatic rings. The topological polar surface area (TPSA) is 65.6 Å². The lowest BCUT2D eigenvalue weighted by molar-refractivity contribution is 0.169. The number of para-hydroxylation sites is 1. The van der Waals surface area contributed by atoms with Crippen LogP contribution >= 0.6 is 0 Å². The van der Waals surface area contributed by atoms with Gasteiger partial charge in [-0.2, -0.15) is 0 Å². The van der Waals surface area contributed by atoms with Gasteiger partial charge in [0, 0.05) is 30.9 Å². The number of piperidine rings is 1. The van der Waals surface area contributed by atoms with E-state index >= 15 is 0 Å². The van der Waals surface area contributed by atoms with E-state index in [0.29, 0.717) is 12.0 Å². The number of rotatable bonds is 4. The summed E-state index contributed by atoms with van der Waals surface area (Å²) in [6.45, 7) is 3.61. The van der Waals surface area contributed by atoms with E-state index in [0.717, 1.165) is 49.4 Å². The zero-order valence-corrected chi connectivity index (χ0v) is 17.2. The van der Waals surface area contributed by atoms with E-state index in [1.165, 1.54) is 5.56 Å². The molecule has 0 spiro atoms. The van der Waals surface area contributed by atoms with Crippen molar-refractivity contribution in [1.82, 2.24) is 15.8 Å². The monoisotopic (exact) mass is 394 g/mol. The highest BCUT2D eigenvalue weighted by Crippen LogP contribution is 2.32. The fourth-order valence-corrected chi connectivity index (χ4v) is 4.38. The van der Waals surface area contributed by atoms with Crippen molar-refractivity contribution in [1.29, 1.82) is 0 Å². The molecule has 2 fully saturated rings. The van der Waals surface area contributed by atoms with Gasteiger partial charge in [0.25, 0.3) is 0 Å². The summed E-state index contributed by atoms with van der Waals surface area (Å²) < 4.78 is 5.35. The molecule has 4 rings (SSSR count). The van der Waals surface area contributed by atoms with E-state index in [9.17, 15) is 4.79 Å². The molecule has 2 atom stereocenters. The van der Waals surface area contributed by atoms with E-state index in [-0.39, 0.29) is 12.1 Å². The fourth-order valence-electron chi connectivity index (χ4n) is 4.38. The lowest BCUT2D eigenvalue weighted by Gasteiger charge is -2.34. The number of likely N-dealkylation sites (tertiary alicyclic amines) is 1. The van der Waals surface area contributed by atoms with Gasteiger partial charge in [0.15, 0.2) is 0 Å². The zero-order chi connectivity index (χ0) is 20.2. The molecule has 2 aromatic carbocycles. The first-order valence-electron chi connectivity index (χ1n) is 10.4. The molecule has 0 aromatic heterocycles. The smallest absolute Gasteiger partial charge is 0.321 e. The molecule has 0 aliphatic carbocycles. The highest BCUT2D eigenvalue weighted by molar-refractivity contribution is 5.90. The predicted octanol–water partition coefficient (Wildman–Crippen LogP) is 3.86. The Morgan fingerprint density at radius 1 is 1.10 bits per heavy atom. The van der Waals surface area contributed by atoms with Crippen LogP contribution < -0.4 is 20.9 Å². The molecule has 0 bridgehead atoms. The summed E-state index contributed by atoms with van der Waals surface area (Å²) in [5, 5.41) is 3.05. The van der Waals surface area contributed by atoms with Crippen LogP contribution in [0, 0.1) is 12.8 Å². The SMILES string of the molecule is COc1cccc(C2CC(C3CCN(C(=O)Nc4ccccc4C)CC3)NN2)c1. The Bertz CT molecular complexity index is 848. The summed E-state index contributed by atoms with van der Waals surface area (Å²) >= 11 is 0. The van der Waals surface area contributed by atoms with Gasteiger partial charge in [-0.1, -0.05) is 30.3 Å². The molecule has 2 aromatic rings. The number of amides is 2. The van der Waals surface area contributed by atoms with Crippen molar-refractivity contribution < 1.29 is 9.53 Å². The highest BCUT2D eigenvalue weighted by atomic mass is 16.5. The maximum atomic E-state index is 12.6. The summed E-state index contributed by atoms with van der Waals surface area (Å²) in [6, 6.07) is 16.9. The minimum atomic E-state index is 0.00418. The molecule has 2 aliphatic heterocycles. The molecular formula is C23H30N4O2. The first-order chi connectivity index (χ1) is 14.1. The lowest BCUT2D eigenvalue weighted by Crippen LogP contribution is -2.45. The van der Waals surface area contributed by atoms with Crippen LogP contribution in [0.25, 0.3) is 0 Å². The molecule has 29 heavy (non-hydrogen) atoms. The van der Waals surface area contributed by atoms with Crippen LogP contribution in [-0.4, -0.2) is 37.2 Å². The number of nitrogens with one attached hydrogen (secondary N) is 3. The first kappa shape index (κ1) is 19.7. The quantitative estimate of drug-likeness (QED) is 0.737. The number of urea groups is 1. The van der Waals surface area contributed by atoms with Crippen LogP contribution in [0.1, 0.15) is 36.4 Å². The van der Waals surface area contributed by atoms with Gasteiger partial charge >= 0.3 is 6.03 Å². The van der Waals surface area contributed by atoms with Gasteiger partial charge < -0.3 is 15.0 Å². The Labute approximate surface area is 172 Å². The van der Waals surface area contributed by atoms with Crippen LogP contribution in [0.5, 0.6) is 5.75 Å². The Hall–Kier alpha value is -2.57. The predicted molar refractivity (Wildman–Crippen MR) is 115 cm³/mol. The van der Waals surface area contributed by atoms with Gasteiger partial charge in [0.05, 0.1) is 7.11 Å². The van der Waals surface area contributed by atoms with Crippen LogP contribution in [-0.2, 0) is 0 Å². The van der Waals surface area contributed by atoms with Crippen molar-refractivity contribution in [3.8, 4) is 5.75 Å². The minimum Gasteiger partial charge on any atom is -0.497 e. The number of nitrogens with zero attached hydrogens (tertiary/aromatic N) is 1. The zero-order valence-electron chi connectivity index (χ0n) is 17.2. The Morgan fingerprint density at radius 3 is 2.66 bits per heavy atom. The van der Waals surface area contributed by atoms with Crippen LogP contribution in [0.4, 0.5) is 10.5 Å². The number of hydrazine groups is 1. The number of ether oxygens (including phenoxy) is 1. The molecule has 154 valence electrons. The summed E-state index contributed by atoms with van der Waals surface area (Å²) in [7, 11) is 1.70. The molecular weight excluding hydrogens is 364 g/mol. The standard InChI is InChI=1S/C23H30N4O2/c1-16-6-3-4-9-20(16)24-23(28)27-12-10-17(11-13-27)21-15-22(26-25-21)18-7-5-8-19(14-18)29-2/h3-9,14,17,21-22,25-26H,10-13,15H2,1-2H3,(H,24,28). The van der Waals surface area contributed by atoms with Crippen LogP contribution in [0.3, 0.4) is 0 Å². The Kier molecular flexibility index (Phi) is 6.02. The molecule has 0 saturated carbocycles. The number of aryl methyl sites for hydroxylation is 1. The number of carbonyl (C=O) groups excluding carboxylic acids is 1. The fraction of sp³-hybridized carbons (Fsp3) is 0.435. The van der Waals surface area contributed by atoms with Gasteiger partial charge in [-0.15, -0.1) is 0 Å².